The molecule has 2 N–H and O–H groups in total. The lowest BCUT2D eigenvalue weighted by molar-refractivity contribution is -0.138. The van der Waals surface area contributed by atoms with E-state index in [9.17, 15) is 9.70 Å². The van der Waals surface area contributed by atoms with Crippen LogP contribution in [0.1, 0.15) is 11.6 Å². The second-order valence-electron chi connectivity index (χ2n) is 2.44. The van der Waals surface area contributed by atoms with E-state index < -0.39 is 12.0 Å². The second kappa shape index (κ2) is 3.66. The zero-order valence-corrected chi connectivity index (χ0v) is 6.54. The molecule has 0 aromatic heterocycles. The molecular formula is C8H7NO4. The van der Waals surface area contributed by atoms with Crippen LogP contribution in [-0.4, -0.2) is 16.2 Å². The van der Waals surface area contributed by atoms with Crippen molar-refractivity contribution in [2.75, 3.05) is 0 Å². The van der Waals surface area contributed by atoms with Crippen LogP contribution in [-0.2, 0) is 4.79 Å². The molecule has 0 bridgehead atoms. The van der Waals surface area contributed by atoms with E-state index in [1.807, 2.05) is 0 Å². The van der Waals surface area contributed by atoms with E-state index in [2.05, 4.69) is 5.18 Å². The molecule has 1 atom stereocenters. The number of hydrogen-bond acceptors (Lipinski definition) is 4. The quantitative estimate of drug-likeness (QED) is 0.687. The standard InChI is InChI=1S/C8H7NO4/c10-6-3-1-5(2-4-6)7(9-13)8(11)12/h1-4,7,10H,(H,11,12). The van der Waals surface area contributed by atoms with Crippen molar-refractivity contribution in [1.82, 2.24) is 0 Å². The molecule has 0 heterocycles. The number of benzene rings is 1. The van der Waals surface area contributed by atoms with Gasteiger partial charge in [0.05, 0.1) is 0 Å². The number of carboxylic acid groups (broad SMARTS) is 1. The second-order valence-corrected chi connectivity index (χ2v) is 2.44. The highest BCUT2D eigenvalue weighted by Crippen LogP contribution is 2.19. The van der Waals surface area contributed by atoms with Gasteiger partial charge in [0.1, 0.15) is 5.75 Å². The summed E-state index contributed by atoms with van der Waals surface area (Å²) in [5.74, 6) is -1.29. The first-order chi connectivity index (χ1) is 6.15. The van der Waals surface area contributed by atoms with Crippen LogP contribution in [0.25, 0.3) is 0 Å². The van der Waals surface area contributed by atoms with Crippen LogP contribution in [0.15, 0.2) is 29.4 Å². The Morgan fingerprint density at radius 1 is 1.31 bits per heavy atom. The van der Waals surface area contributed by atoms with Crippen molar-refractivity contribution in [1.29, 1.82) is 0 Å². The molecule has 68 valence electrons. The van der Waals surface area contributed by atoms with Crippen molar-refractivity contribution >= 4 is 5.97 Å². The number of phenols is 1. The molecule has 0 fully saturated rings. The topological polar surface area (TPSA) is 87.0 Å². The van der Waals surface area contributed by atoms with E-state index in [0.717, 1.165) is 0 Å². The molecule has 5 nitrogen and oxygen atoms in total. The van der Waals surface area contributed by atoms with Crippen molar-refractivity contribution in [2.45, 2.75) is 6.04 Å². The third-order valence-electron chi connectivity index (χ3n) is 1.55. The number of phenolic OH excluding ortho intramolecular Hbond substituents is 1. The van der Waals surface area contributed by atoms with Crippen LogP contribution in [0.2, 0.25) is 0 Å². The van der Waals surface area contributed by atoms with Gasteiger partial charge in [0, 0.05) is 0 Å². The summed E-state index contributed by atoms with van der Waals surface area (Å²) in [6.45, 7) is 0. The smallest absolute Gasteiger partial charge is 0.336 e. The molecule has 0 spiro atoms. The maximum atomic E-state index is 10.5. The summed E-state index contributed by atoms with van der Waals surface area (Å²) in [6.07, 6.45) is 0. The molecule has 0 aliphatic rings. The summed E-state index contributed by atoms with van der Waals surface area (Å²) >= 11 is 0. The Hall–Kier alpha value is -1.91. The molecule has 1 aromatic rings. The number of nitroso groups, excluding NO2 is 1. The van der Waals surface area contributed by atoms with Crippen molar-refractivity contribution in [3.63, 3.8) is 0 Å². The van der Waals surface area contributed by atoms with Gasteiger partial charge in [-0.3, -0.25) is 0 Å². The van der Waals surface area contributed by atoms with Gasteiger partial charge in [-0.15, -0.1) is 4.91 Å². The Balaban J connectivity index is 2.99. The highest BCUT2D eigenvalue weighted by atomic mass is 16.4. The first-order valence-corrected chi connectivity index (χ1v) is 3.49. The lowest BCUT2D eigenvalue weighted by Gasteiger charge is -2.02. The largest absolute Gasteiger partial charge is 0.508 e. The predicted molar refractivity (Wildman–Crippen MR) is 44.3 cm³/mol. The van der Waals surface area contributed by atoms with Gasteiger partial charge in [0.2, 0.25) is 6.04 Å². The maximum absolute atomic E-state index is 10.5. The fraction of sp³-hybridized carbons (Fsp3) is 0.125. The lowest BCUT2D eigenvalue weighted by atomic mass is 10.1. The average molecular weight is 181 g/mol. The molecule has 1 rings (SSSR count). The fourth-order valence-electron chi connectivity index (χ4n) is 0.905. The number of aromatic hydroxyl groups is 1. The van der Waals surface area contributed by atoms with Gasteiger partial charge in [-0.2, -0.15) is 0 Å². The van der Waals surface area contributed by atoms with Crippen LogP contribution in [0.3, 0.4) is 0 Å². The van der Waals surface area contributed by atoms with Crippen molar-refractivity contribution in [3.05, 3.63) is 34.7 Å². The summed E-state index contributed by atoms with van der Waals surface area (Å²) < 4.78 is 0. The van der Waals surface area contributed by atoms with Crippen LogP contribution in [0.5, 0.6) is 5.75 Å². The van der Waals surface area contributed by atoms with Gasteiger partial charge in [-0.25, -0.2) is 4.79 Å². The number of carboxylic acids is 1. The summed E-state index contributed by atoms with van der Waals surface area (Å²) in [5, 5.41) is 19.9. The molecule has 1 aromatic carbocycles. The van der Waals surface area contributed by atoms with Crippen LogP contribution in [0, 0.1) is 4.91 Å². The monoisotopic (exact) mass is 181 g/mol. The lowest BCUT2D eigenvalue weighted by Crippen LogP contribution is -2.07. The molecule has 0 saturated heterocycles. The highest BCUT2D eigenvalue weighted by molar-refractivity contribution is 5.75. The minimum absolute atomic E-state index is 0.0128. The molecule has 1 unspecified atom stereocenters. The number of carbonyl (C=O) groups is 1. The van der Waals surface area contributed by atoms with Gasteiger partial charge in [-0.1, -0.05) is 12.1 Å². The molecule has 0 radical (unpaired) electrons. The number of rotatable bonds is 3. The Morgan fingerprint density at radius 2 is 1.85 bits per heavy atom. The first-order valence-electron chi connectivity index (χ1n) is 3.49. The van der Waals surface area contributed by atoms with E-state index in [1.54, 1.807) is 0 Å². The third-order valence-corrected chi connectivity index (χ3v) is 1.55. The van der Waals surface area contributed by atoms with Crippen LogP contribution < -0.4 is 0 Å². The van der Waals surface area contributed by atoms with Gasteiger partial charge >= 0.3 is 5.97 Å². The van der Waals surface area contributed by atoms with E-state index in [-0.39, 0.29) is 11.3 Å². The SMILES string of the molecule is O=NC(C(=O)O)c1ccc(O)cc1. The summed E-state index contributed by atoms with van der Waals surface area (Å²) in [4.78, 5) is 20.6. The van der Waals surface area contributed by atoms with Crippen molar-refractivity contribution < 1.29 is 15.0 Å². The molecule has 5 heteroatoms. The summed E-state index contributed by atoms with van der Waals surface area (Å²) in [6, 6.07) is 3.89. The minimum atomic E-state index is -1.40. The fourth-order valence-corrected chi connectivity index (χ4v) is 0.905. The maximum Gasteiger partial charge on any atom is 0.336 e. The Morgan fingerprint density at radius 3 is 2.23 bits per heavy atom. The first kappa shape index (κ1) is 9.18. The van der Waals surface area contributed by atoms with Gasteiger partial charge in [0.25, 0.3) is 0 Å². The molecule has 13 heavy (non-hydrogen) atoms. The Labute approximate surface area is 73.6 Å². The van der Waals surface area contributed by atoms with Gasteiger partial charge in [-0.05, 0) is 22.9 Å². The number of nitrogens with zero attached hydrogens (tertiary/aromatic N) is 1. The van der Waals surface area contributed by atoms with E-state index in [0.29, 0.717) is 0 Å². The van der Waals surface area contributed by atoms with E-state index in [4.69, 9.17) is 10.2 Å². The van der Waals surface area contributed by atoms with Gasteiger partial charge in [0.15, 0.2) is 0 Å². The molecule has 0 aliphatic heterocycles. The normalized spacial score (nSPS) is 12.0. The zero-order valence-electron chi connectivity index (χ0n) is 6.54. The Bertz CT molecular complexity index is 319. The third kappa shape index (κ3) is 2.02. The highest BCUT2D eigenvalue weighted by Gasteiger charge is 2.19. The number of hydrogen-bond donors (Lipinski definition) is 2. The summed E-state index contributed by atoms with van der Waals surface area (Å²) in [7, 11) is 0. The minimum Gasteiger partial charge on any atom is -0.508 e. The van der Waals surface area contributed by atoms with E-state index >= 15 is 0 Å². The molecule has 0 amide bonds. The van der Waals surface area contributed by atoms with Crippen molar-refractivity contribution in [2.24, 2.45) is 5.18 Å². The molecule has 0 saturated carbocycles. The van der Waals surface area contributed by atoms with Gasteiger partial charge < -0.3 is 10.2 Å². The number of aliphatic carboxylic acids is 1. The van der Waals surface area contributed by atoms with Crippen LogP contribution in [0.4, 0.5) is 0 Å². The molecule has 0 aliphatic carbocycles. The predicted octanol–water partition coefficient (Wildman–Crippen LogP) is 1.28. The molecular weight excluding hydrogens is 174 g/mol. The average Bonchev–Trinajstić information content (AvgIpc) is 2.09. The zero-order chi connectivity index (χ0) is 9.84. The van der Waals surface area contributed by atoms with Crippen LogP contribution >= 0.6 is 0 Å². The summed E-state index contributed by atoms with van der Waals surface area (Å²) in [5.41, 5.74) is 0.250. The van der Waals surface area contributed by atoms with Crippen molar-refractivity contribution in [3.8, 4) is 5.75 Å². The Kier molecular flexibility index (Phi) is 2.59. The van der Waals surface area contributed by atoms with E-state index in [1.165, 1.54) is 24.3 Å².